The lowest BCUT2D eigenvalue weighted by molar-refractivity contribution is 0.558. The van der Waals surface area contributed by atoms with Crippen molar-refractivity contribution in [2.75, 3.05) is 18.1 Å². The first-order valence-corrected chi connectivity index (χ1v) is 7.87. The van der Waals surface area contributed by atoms with Crippen LogP contribution in [0.5, 0.6) is 0 Å². The van der Waals surface area contributed by atoms with Gasteiger partial charge in [0.2, 0.25) is 0 Å². The standard InChI is InChI=1S/C12H17FN2O2S2/c1-12(2,19(3,16)17)7-15-10-5-4-8(11(14)18)6-9(10)13/h4-6,15H,7H2,1-3H3,(H2,14,18). The molecule has 0 radical (unpaired) electrons. The first kappa shape index (κ1) is 15.8. The van der Waals surface area contributed by atoms with Gasteiger partial charge in [0.25, 0.3) is 0 Å². The summed E-state index contributed by atoms with van der Waals surface area (Å²) >= 11 is 4.75. The second-order valence-corrected chi connectivity index (χ2v) is 8.03. The average Bonchev–Trinajstić information content (AvgIpc) is 2.25. The third-order valence-corrected chi connectivity index (χ3v) is 5.35. The number of sulfone groups is 1. The number of rotatable bonds is 5. The van der Waals surface area contributed by atoms with Crippen molar-refractivity contribution in [2.24, 2.45) is 5.73 Å². The second kappa shape index (κ2) is 5.42. The Labute approximate surface area is 118 Å². The van der Waals surface area contributed by atoms with Crippen LogP contribution in [-0.4, -0.2) is 31.0 Å². The van der Waals surface area contributed by atoms with Crippen LogP contribution in [0.1, 0.15) is 19.4 Å². The Morgan fingerprint density at radius 1 is 1.47 bits per heavy atom. The monoisotopic (exact) mass is 304 g/mol. The van der Waals surface area contributed by atoms with Crippen LogP contribution in [0.3, 0.4) is 0 Å². The fourth-order valence-corrected chi connectivity index (χ4v) is 1.71. The van der Waals surface area contributed by atoms with Crippen LogP contribution >= 0.6 is 12.2 Å². The molecule has 1 rings (SSSR count). The summed E-state index contributed by atoms with van der Waals surface area (Å²) in [4.78, 5) is 0.113. The number of benzene rings is 1. The molecule has 0 saturated carbocycles. The van der Waals surface area contributed by atoms with Gasteiger partial charge in [-0.1, -0.05) is 12.2 Å². The normalized spacial score (nSPS) is 12.2. The molecule has 3 N–H and O–H groups in total. The van der Waals surface area contributed by atoms with Crippen LogP contribution in [0, 0.1) is 5.82 Å². The van der Waals surface area contributed by atoms with E-state index in [1.54, 1.807) is 19.9 Å². The van der Waals surface area contributed by atoms with E-state index in [9.17, 15) is 12.8 Å². The van der Waals surface area contributed by atoms with Crippen LogP contribution in [-0.2, 0) is 9.84 Å². The predicted molar refractivity (Wildman–Crippen MR) is 79.7 cm³/mol. The molecule has 0 aliphatic rings. The fraction of sp³-hybridized carbons (Fsp3) is 0.417. The van der Waals surface area contributed by atoms with Gasteiger partial charge in [-0.15, -0.1) is 0 Å². The number of nitrogens with two attached hydrogens (primary N) is 1. The fourth-order valence-electron chi connectivity index (χ4n) is 1.25. The van der Waals surface area contributed by atoms with Crippen molar-refractivity contribution in [2.45, 2.75) is 18.6 Å². The number of anilines is 1. The summed E-state index contributed by atoms with van der Waals surface area (Å²) in [5.41, 5.74) is 6.05. The molecule has 0 spiro atoms. The Hall–Kier alpha value is -1.21. The lowest BCUT2D eigenvalue weighted by Crippen LogP contribution is -2.38. The van der Waals surface area contributed by atoms with Gasteiger partial charge in [-0.05, 0) is 32.0 Å². The van der Waals surface area contributed by atoms with Crippen LogP contribution in [0.2, 0.25) is 0 Å². The lowest BCUT2D eigenvalue weighted by atomic mass is 10.1. The minimum absolute atomic E-state index is 0.106. The van der Waals surface area contributed by atoms with Crippen molar-refractivity contribution < 1.29 is 12.8 Å². The van der Waals surface area contributed by atoms with Crippen molar-refractivity contribution in [3.63, 3.8) is 0 Å². The highest BCUT2D eigenvalue weighted by Crippen LogP contribution is 2.20. The number of nitrogens with one attached hydrogen (secondary N) is 1. The maximum Gasteiger partial charge on any atom is 0.154 e. The molecule has 19 heavy (non-hydrogen) atoms. The molecule has 1 aromatic rings. The summed E-state index contributed by atoms with van der Waals surface area (Å²) in [7, 11) is -3.23. The number of hydrogen-bond donors (Lipinski definition) is 2. The zero-order valence-electron chi connectivity index (χ0n) is 11.0. The second-order valence-electron chi connectivity index (χ2n) is 4.94. The Kier molecular flexibility index (Phi) is 4.52. The van der Waals surface area contributed by atoms with Gasteiger partial charge in [-0.25, -0.2) is 12.8 Å². The van der Waals surface area contributed by atoms with Crippen LogP contribution in [0.25, 0.3) is 0 Å². The summed E-state index contributed by atoms with van der Waals surface area (Å²) in [6.45, 7) is 3.27. The van der Waals surface area contributed by atoms with Gasteiger partial charge in [0.05, 0.1) is 10.4 Å². The van der Waals surface area contributed by atoms with Crippen molar-refractivity contribution in [1.29, 1.82) is 0 Å². The molecule has 0 bridgehead atoms. The van der Waals surface area contributed by atoms with Gasteiger partial charge in [0, 0.05) is 18.4 Å². The molecule has 0 aliphatic carbocycles. The number of hydrogen-bond acceptors (Lipinski definition) is 4. The molecule has 0 aromatic heterocycles. The van der Waals surface area contributed by atoms with E-state index in [-0.39, 0.29) is 17.2 Å². The average molecular weight is 304 g/mol. The summed E-state index contributed by atoms with van der Waals surface area (Å²) in [6, 6.07) is 4.29. The number of halogens is 1. The van der Waals surface area contributed by atoms with E-state index in [4.69, 9.17) is 18.0 Å². The van der Waals surface area contributed by atoms with E-state index < -0.39 is 20.4 Å². The first-order chi connectivity index (χ1) is 8.54. The van der Waals surface area contributed by atoms with E-state index in [0.29, 0.717) is 5.56 Å². The summed E-state index contributed by atoms with van der Waals surface area (Å²) < 4.78 is 35.8. The molecule has 0 aliphatic heterocycles. The minimum Gasteiger partial charge on any atom is -0.389 e. The molecule has 0 amide bonds. The molecular formula is C12H17FN2O2S2. The molecule has 106 valence electrons. The van der Waals surface area contributed by atoms with Crippen LogP contribution < -0.4 is 11.1 Å². The molecule has 0 saturated heterocycles. The number of thiocarbonyl (C=S) groups is 1. The highest BCUT2D eigenvalue weighted by Gasteiger charge is 2.30. The SMILES string of the molecule is CC(C)(CNc1ccc(C(N)=S)cc1F)S(C)(=O)=O. The van der Waals surface area contributed by atoms with Gasteiger partial charge < -0.3 is 11.1 Å². The van der Waals surface area contributed by atoms with Crippen molar-refractivity contribution in [3.8, 4) is 0 Å². The first-order valence-electron chi connectivity index (χ1n) is 5.57. The molecule has 0 fully saturated rings. The van der Waals surface area contributed by atoms with Gasteiger partial charge in [0.1, 0.15) is 10.8 Å². The highest BCUT2D eigenvalue weighted by molar-refractivity contribution is 7.92. The maximum atomic E-state index is 13.8. The van der Waals surface area contributed by atoms with E-state index in [1.807, 2.05) is 0 Å². The Balaban J connectivity index is 2.88. The Morgan fingerprint density at radius 2 is 2.05 bits per heavy atom. The smallest absolute Gasteiger partial charge is 0.154 e. The molecule has 0 atom stereocenters. The topological polar surface area (TPSA) is 72.2 Å². The van der Waals surface area contributed by atoms with Crippen LogP contribution in [0.4, 0.5) is 10.1 Å². The molecule has 0 heterocycles. The van der Waals surface area contributed by atoms with Gasteiger partial charge in [-0.3, -0.25) is 0 Å². The van der Waals surface area contributed by atoms with E-state index in [0.717, 1.165) is 6.26 Å². The third-order valence-electron chi connectivity index (χ3n) is 2.96. The lowest BCUT2D eigenvalue weighted by Gasteiger charge is -2.23. The molecule has 7 heteroatoms. The summed E-state index contributed by atoms with van der Waals surface area (Å²) in [5, 5.41) is 2.79. The van der Waals surface area contributed by atoms with Crippen molar-refractivity contribution in [1.82, 2.24) is 0 Å². The molecular weight excluding hydrogens is 287 g/mol. The van der Waals surface area contributed by atoms with Crippen molar-refractivity contribution >= 4 is 32.7 Å². The zero-order chi connectivity index (χ0) is 14.8. The van der Waals surface area contributed by atoms with E-state index >= 15 is 0 Å². The van der Waals surface area contributed by atoms with E-state index in [2.05, 4.69) is 5.32 Å². The van der Waals surface area contributed by atoms with Gasteiger partial charge in [0.15, 0.2) is 9.84 Å². The quantitative estimate of drug-likeness (QED) is 0.810. The molecule has 0 unspecified atom stereocenters. The van der Waals surface area contributed by atoms with Gasteiger partial charge in [-0.2, -0.15) is 0 Å². The minimum atomic E-state index is -3.23. The van der Waals surface area contributed by atoms with Gasteiger partial charge >= 0.3 is 0 Å². The van der Waals surface area contributed by atoms with Crippen LogP contribution in [0.15, 0.2) is 18.2 Å². The molecule has 4 nitrogen and oxygen atoms in total. The molecule has 1 aromatic carbocycles. The Bertz CT molecular complexity index is 598. The third kappa shape index (κ3) is 3.87. The summed E-state index contributed by atoms with van der Waals surface area (Å²) in [5.74, 6) is -0.519. The largest absolute Gasteiger partial charge is 0.389 e. The van der Waals surface area contributed by atoms with Crippen molar-refractivity contribution in [3.05, 3.63) is 29.6 Å². The predicted octanol–water partition coefficient (Wildman–Crippen LogP) is 1.69. The summed E-state index contributed by atoms with van der Waals surface area (Å²) in [6.07, 6.45) is 1.15. The zero-order valence-corrected chi connectivity index (χ0v) is 12.7. The Morgan fingerprint density at radius 3 is 2.47 bits per heavy atom. The highest BCUT2D eigenvalue weighted by atomic mass is 32.2. The maximum absolute atomic E-state index is 13.8. The van der Waals surface area contributed by atoms with E-state index in [1.165, 1.54) is 12.1 Å².